The lowest BCUT2D eigenvalue weighted by Gasteiger charge is -2.14. The maximum Gasteiger partial charge on any atom is 0.162 e. The summed E-state index contributed by atoms with van der Waals surface area (Å²) >= 11 is 0. The minimum Gasteiger partial charge on any atom is -0.775 e. The van der Waals surface area contributed by atoms with Crippen molar-refractivity contribution in [1.29, 1.82) is 0 Å². The van der Waals surface area contributed by atoms with Crippen LogP contribution in [0.5, 0.6) is 0 Å². The lowest BCUT2D eigenvalue weighted by Crippen LogP contribution is -2.98. The highest BCUT2D eigenvalue weighted by Crippen LogP contribution is 2.28. The van der Waals surface area contributed by atoms with Crippen molar-refractivity contribution in [2.75, 3.05) is 52.4 Å². The third-order valence-corrected chi connectivity index (χ3v) is 10.9. The molecule has 0 aromatic heterocycles. The first kappa shape index (κ1) is 55.3. The predicted molar refractivity (Wildman–Crippen MR) is 207 cm³/mol. The summed E-state index contributed by atoms with van der Waals surface area (Å²) in [6, 6.07) is 29.9. The quantitative estimate of drug-likeness (QED) is 0.0888. The summed E-state index contributed by atoms with van der Waals surface area (Å²) in [6.07, 6.45) is 2.72. The van der Waals surface area contributed by atoms with E-state index in [1.165, 1.54) is 114 Å². The Kier molecular flexibility index (Phi) is 30.0. The molecular formula is C34H56N4O14P4. The first-order valence-corrected chi connectivity index (χ1v) is 23.4. The fourth-order valence-electron chi connectivity index (χ4n) is 4.33. The highest BCUT2D eigenvalue weighted by Gasteiger charge is 2.05. The first-order valence-electron chi connectivity index (χ1n) is 17.1. The van der Waals surface area contributed by atoms with Gasteiger partial charge in [-0.3, -0.25) is 0 Å². The molecule has 18 nitrogen and oxygen atoms in total. The van der Waals surface area contributed by atoms with Crippen molar-refractivity contribution in [2.24, 2.45) is 0 Å². The molecule has 316 valence electrons. The van der Waals surface area contributed by atoms with E-state index >= 15 is 0 Å². The van der Waals surface area contributed by atoms with Gasteiger partial charge < -0.3 is 89.6 Å². The number of nitrogens with two attached hydrogens (primary N) is 4. The molecule has 1 fully saturated rings. The average Bonchev–Trinajstić information content (AvgIpc) is 3.14. The van der Waals surface area contributed by atoms with Crippen LogP contribution >= 0.6 is 30.4 Å². The van der Waals surface area contributed by atoms with E-state index in [0.29, 0.717) is 0 Å². The molecule has 1 saturated heterocycles. The molecule has 16 N–H and O–H groups in total. The summed E-state index contributed by atoms with van der Waals surface area (Å²) in [5, 5.41) is 9.66. The molecule has 1 aliphatic heterocycles. The third kappa shape index (κ3) is 28.6. The summed E-state index contributed by atoms with van der Waals surface area (Å²) in [5.41, 5.74) is 0. The van der Waals surface area contributed by atoms with E-state index in [2.05, 4.69) is 21.3 Å². The Morgan fingerprint density at radius 3 is 0.625 bits per heavy atom. The monoisotopic (exact) mass is 868 g/mol. The van der Waals surface area contributed by atoms with Crippen molar-refractivity contribution in [3.05, 3.63) is 121 Å². The Hall–Kier alpha value is -2.76. The Balaban J connectivity index is 0. The number of hydrogen-bond donors (Lipinski definition) is 8. The molecule has 22 heteroatoms. The number of hydrogen-bond acceptors (Lipinski definition) is 8. The summed E-state index contributed by atoms with van der Waals surface area (Å²) in [4.78, 5) is 75.6. The van der Waals surface area contributed by atoms with Crippen molar-refractivity contribution in [3.8, 4) is 0 Å². The van der Waals surface area contributed by atoms with Gasteiger partial charge in [-0.15, -0.1) is 0 Å². The summed E-state index contributed by atoms with van der Waals surface area (Å²) < 4.78 is 41.7. The molecule has 4 aromatic carbocycles. The lowest BCUT2D eigenvalue weighted by atomic mass is 10.3. The van der Waals surface area contributed by atoms with Crippen LogP contribution in [0.25, 0.3) is 0 Å². The van der Waals surface area contributed by atoms with Crippen molar-refractivity contribution in [2.45, 2.75) is 12.8 Å². The second kappa shape index (κ2) is 30.3. The molecule has 1 heterocycles. The van der Waals surface area contributed by atoms with E-state index in [1.807, 2.05) is 0 Å². The molecule has 4 aromatic rings. The van der Waals surface area contributed by atoms with Crippen molar-refractivity contribution >= 4 is 51.6 Å². The van der Waals surface area contributed by atoms with Crippen LogP contribution < -0.4 is 62.1 Å². The molecule has 0 spiro atoms. The minimum atomic E-state index is -4.27. The molecule has 1 aliphatic rings. The fraction of sp³-hybridized carbons (Fsp3) is 0.294. The van der Waals surface area contributed by atoms with Crippen molar-refractivity contribution in [1.82, 2.24) is 0 Å². The number of rotatable bonds is 4. The average molecular weight is 869 g/mol. The molecule has 0 amide bonds. The van der Waals surface area contributed by atoms with Gasteiger partial charge in [0, 0.05) is 34.1 Å². The van der Waals surface area contributed by atoms with E-state index in [9.17, 15) is 37.8 Å². The Morgan fingerprint density at radius 1 is 0.339 bits per heavy atom. The first-order chi connectivity index (χ1) is 25.4. The van der Waals surface area contributed by atoms with Crippen LogP contribution in [0, 0.1) is 0 Å². The summed E-state index contributed by atoms with van der Waals surface area (Å²) in [6.45, 7) is 10.4. The SMILES string of the molecule is C1C[NH2+]CC[NH2+]CCC[NH2+]CC[NH2+]C1.O.O.O=P([O-])(O)c1ccccc1.O=P([O-])(O)c1ccccc1.O=P([O-])(O)c1ccccc1.O=P([O-])(O)c1ccccc1. The Bertz CT molecular complexity index is 1450. The van der Waals surface area contributed by atoms with Gasteiger partial charge in [-0.25, -0.2) is 0 Å². The zero-order chi connectivity index (χ0) is 40.4. The normalized spacial score (nSPS) is 17.6. The molecule has 4 atom stereocenters. The van der Waals surface area contributed by atoms with E-state index in [0.717, 1.165) is 0 Å². The Labute approximate surface area is 327 Å². The maximum absolute atomic E-state index is 10.4. The van der Waals surface area contributed by atoms with E-state index in [4.69, 9.17) is 19.6 Å². The van der Waals surface area contributed by atoms with Gasteiger partial charge in [0.15, 0.2) is 30.4 Å². The largest absolute Gasteiger partial charge is 0.775 e. The smallest absolute Gasteiger partial charge is 0.162 e. The summed E-state index contributed by atoms with van der Waals surface area (Å²) in [7, 11) is -17.1. The molecule has 5 rings (SSSR count). The van der Waals surface area contributed by atoms with Gasteiger partial charge in [0.05, 0.1) is 26.2 Å². The van der Waals surface area contributed by atoms with Gasteiger partial charge in [-0.05, 0) is 0 Å². The van der Waals surface area contributed by atoms with Crippen LogP contribution in [0.2, 0.25) is 0 Å². The minimum absolute atomic E-state index is 0. The van der Waals surface area contributed by atoms with Crippen LogP contribution in [0.15, 0.2) is 121 Å². The van der Waals surface area contributed by atoms with Gasteiger partial charge >= 0.3 is 0 Å². The van der Waals surface area contributed by atoms with Gasteiger partial charge in [-0.1, -0.05) is 121 Å². The number of quaternary nitrogens is 4. The van der Waals surface area contributed by atoms with Gasteiger partial charge in [0.25, 0.3) is 0 Å². The van der Waals surface area contributed by atoms with E-state index < -0.39 is 30.4 Å². The number of benzene rings is 4. The second-order valence-corrected chi connectivity index (χ2v) is 17.8. The van der Waals surface area contributed by atoms with Gasteiger partial charge in [-0.2, -0.15) is 0 Å². The molecule has 0 aliphatic carbocycles. The molecule has 0 bridgehead atoms. The highest BCUT2D eigenvalue weighted by atomic mass is 31.2. The van der Waals surface area contributed by atoms with E-state index in [1.54, 1.807) is 72.8 Å². The van der Waals surface area contributed by atoms with Crippen LogP contribution in [0.4, 0.5) is 0 Å². The Morgan fingerprint density at radius 2 is 0.500 bits per heavy atom. The maximum atomic E-state index is 10.4. The van der Waals surface area contributed by atoms with Gasteiger partial charge in [0.2, 0.25) is 0 Å². The van der Waals surface area contributed by atoms with Crippen LogP contribution in [-0.2, 0) is 18.3 Å². The predicted octanol–water partition coefficient (Wildman–Crippen LogP) is -7.19. The summed E-state index contributed by atoms with van der Waals surface area (Å²) in [5.74, 6) is 0. The fourth-order valence-corrected chi connectivity index (χ4v) is 6.52. The van der Waals surface area contributed by atoms with Crippen molar-refractivity contribution in [3.63, 3.8) is 0 Å². The zero-order valence-electron chi connectivity index (χ0n) is 30.8. The standard InChI is InChI=1S/C10H24N4.4C6H7O3P.2H2O/c1-3-11-7-9-13-5-2-6-14-10-8-12-4-1;4*7-10(8,9)6-4-2-1-3-5-6;;/h11-14H,1-10H2;4*1-5H,(H2,7,8,9);2*1H2. The topological polar surface area (TPSA) is 371 Å². The van der Waals surface area contributed by atoms with Crippen molar-refractivity contribution < 1.29 is 89.6 Å². The molecule has 4 unspecified atom stereocenters. The van der Waals surface area contributed by atoms with Crippen LogP contribution in [0.1, 0.15) is 12.8 Å². The zero-order valence-corrected chi connectivity index (χ0v) is 34.3. The lowest BCUT2D eigenvalue weighted by molar-refractivity contribution is -0.746. The van der Waals surface area contributed by atoms with Crippen LogP contribution in [-0.4, -0.2) is 82.9 Å². The molecule has 0 saturated carbocycles. The van der Waals surface area contributed by atoms with Crippen LogP contribution in [0.3, 0.4) is 0 Å². The second-order valence-electron chi connectivity index (χ2n) is 11.6. The third-order valence-electron chi connectivity index (χ3n) is 7.11. The molecular weight excluding hydrogens is 812 g/mol. The molecule has 0 radical (unpaired) electrons. The molecule has 56 heavy (non-hydrogen) atoms. The van der Waals surface area contributed by atoms with Gasteiger partial charge in [0.1, 0.15) is 26.2 Å². The van der Waals surface area contributed by atoms with E-state index in [-0.39, 0.29) is 32.2 Å². The highest BCUT2D eigenvalue weighted by molar-refractivity contribution is 7.59.